The van der Waals surface area contributed by atoms with Crippen LogP contribution in [-0.2, 0) is 17.1 Å². The van der Waals surface area contributed by atoms with Crippen LogP contribution < -0.4 is 10.5 Å². The van der Waals surface area contributed by atoms with Gasteiger partial charge in [-0.05, 0) is 12.1 Å². The van der Waals surface area contributed by atoms with E-state index in [4.69, 9.17) is 5.73 Å². The van der Waals surface area contributed by atoms with Gasteiger partial charge in [-0.3, -0.25) is 9.40 Å². The first-order valence-electron chi connectivity index (χ1n) is 4.72. The van der Waals surface area contributed by atoms with Gasteiger partial charge in [0.25, 0.3) is 10.0 Å². The van der Waals surface area contributed by atoms with Crippen molar-refractivity contribution in [2.45, 2.75) is 5.03 Å². The quantitative estimate of drug-likeness (QED) is 0.813. The van der Waals surface area contributed by atoms with E-state index in [1.807, 2.05) is 0 Å². The minimum absolute atomic E-state index is 0.0992. The van der Waals surface area contributed by atoms with Crippen LogP contribution in [0, 0.1) is 0 Å². The molecule has 0 spiro atoms. The molecule has 0 saturated carbocycles. The van der Waals surface area contributed by atoms with Crippen LogP contribution in [0.2, 0.25) is 0 Å². The Hall–Kier alpha value is -2.09. The summed E-state index contributed by atoms with van der Waals surface area (Å²) in [6.45, 7) is 0. The molecule has 2 heterocycles. The van der Waals surface area contributed by atoms with Crippen LogP contribution in [0.15, 0.2) is 35.6 Å². The van der Waals surface area contributed by atoms with Gasteiger partial charge in [-0.1, -0.05) is 0 Å². The second-order valence-electron chi connectivity index (χ2n) is 3.34. The zero-order valence-corrected chi connectivity index (χ0v) is 9.85. The molecule has 0 bridgehead atoms. The number of rotatable bonds is 3. The molecule has 2 rings (SSSR count). The van der Waals surface area contributed by atoms with Gasteiger partial charge in [0.15, 0.2) is 5.03 Å². The first-order valence-corrected chi connectivity index (χ1v) is 6.20. The van der Waals surface area contributed by atoms with Crippen LogP contribution in [0.25, 0.3) is 0 Å². The van der Waals surface area contributed by atoms with Gasteiger partial charge in [-0.2, -0.15) is 13.5 Å². The summed E-state index contributed by atoms with van der Waals surface area (Å²) in [7, 11) is -2.16. The lowest BCUT2D eigenvalue weighted by atomic mass is 10.4. The van der Waals surface area contributed by atoms with Gasteiger partial charge in [-0.15, -0.1) is 0 Å². The lowest BCUT2D eigenvalue weighted by Gasteiger charge is -2.08. The number of hydrogen-bond donors (Lipinski definition) is 2. The highest BCUT2D eigenvalue weighted by Gasteiger charge is 2.19. The minimum atomic E-state index is -3.78. The number of nitrogens with zero attached hydrogens (tertiary/aromatic N) is 3. The highest BCUT2D eigenvalue weighted by molar-refractivity contribution is 7.92. The van der Waals surface area contributed by atoms with Gasteiger partial charge in [0.1, 0.15) is 5.82 Å². The monoisotopic (exact) mass is 253 g/mol. The van der Waals surface area contributed by atoms with Crippen LogP contribution in [0.1, 0.15) is 0 Å². The van der Waals surface area contributed by atoms with Crippen molar-refractivity contribution < 1.29 is 8.42 Å². The van der Waals surface area contributed by atoms with Gasteiger partial charge < -0.3 is 5.73 Å². The Morgan fingerprint density at radius 3 is 2.71 bits per heavy atom. The van der Waals surface area contributed by atoms with Crippen molar-refractivity contribution in [1.29, 1.82) is 0 Å². The van der Waals surface area contributed by atoms with Crippen molar-refractivity contribution in [3.8, 4) is 0 Å². The molecular weight excluding hydrogens is 242 g/mol. The molecule has 0 amide bonds. The maximum Gasteiger partial charge on any atom is 0.282 e. The highest BCUT2D eigenvalue weighted by atomic mass is 32.2. The van der Waals surface area contributed by atoms with Crippen molar-refractivity contribution in [2.24, 2.45) is 7.05 Å². The number of nitrogen functional groups attached to an aromatic ring is 1. The molecule has 0 atom stereocenters. The van der Waals surface area contributed by atoms with E-state index < -0.39 is 10.0 Å². The predicted octanol–water partition coefficient (Wildman–Crippen LogP) is 0.198. The van der Waals surface area contributed by atoms with Gasteiger partial charge in [0.2, 0.25) is 0 Å². The average Bonchev–Trinajstić information content (AvgIpc) is 2.64. The second-order valence-corrected chi connectivity index (χ2v) is 4.94. The number of sulfonamides is 1. The summed E-state index contributed by atoms with van der Waals surface area (Å²) in [5, 5.41) is 3.66. The second kappa shape index (κ2) is 4.06. The van der Waals surface area contributed by atoms with Crippen molar-refractivity contribution in [3.05, 3.63) is 30.6 Å². The SMILES string of the molecule is Cn1nccc1NS(=O)(=O)c1ncccc1N. The summed E-state index contributed by atoms with van der Waals surface area (Å²) in [5.74, 6) is 0.343. The van der Waals surface area contributed by atoms with E-state index in [0.29, 0.717) is 5.82 Å². The van der Waals surface area contributed by atoms with E-state index in [-0.39, 0.29) is 10.7 Å². The number of anilines is 2. The van der Waals surface area contributed by atoms with E-state index in [1.54, 1.807) is 13.1 Å². The lowest BCUT2D eigenvalue weighted by Crippen LogP contribution is -2.18. The van der Waals surface area contributed by atoms with E-state index in [1.165, 1.54) is 29.2 Å². The van der Waals surface area contributed by atoms with Crippen LogP contribution in [0.3, 0.4) is 0 Å². The number of nitrogens with one attached hydrogen (secondary N) is 1. The van der Waals surface area contributed by atoms with Crippen molar-refractivity contribution in [2.75, 3.05) is 10.5 Å². The largest absolute Gasteiger partial charge is 0.396 e. The molecule has 17 heavy (non-hydrogen) atoms. The molecule has 0 aliphatic carbocycles. The van der Waals surface area contributed by atoms with Crippen LogP contribution in [-0.4, -0.2) is 23.2 Å². The third-order valence-electron chi connectivity index (χ3n) is 2.11. The molecule has 7 nitrogen and oxygen atoms in total. The third-order valence-corrected chi connectivity index (χ3v) is 3.44. The minimum Gasteiger partial charge on any atom is -0.396 e. The predicted molar refractivity (Wildman–Crippen MR) is 62.7 cm³/mol. The molecule has 2 aromatic heterocycles. The molecule has 8 heteroatoms. The number of pyridine rings is 1. The Balaban J connectivity index is 2.39. The fourth-order valence-corrected chi connectivity index (χ4v) is 2.44. The molecule has 0 aliphatic rings. The molecule has 0 aromatic carbocycles. The van der Waals surface area contributed by atoms with Gasteiger partial charge in [0, 0.05) is 19.3 Å². The van der Waals surface area contributed by atoms with E-state index in [0.717, 1.165) is 0 Å². The summed E-state index contributed by atoms with van der Waals surface area (Å²) >= 11 is 0. The molecule has 2 aromatic rings. The zero-order valence-electron chi connectivity index (χ0n) is 9.03. The maximum absolute atomic E-state index is 12.0. The van der Waals surface area contributed by atoms with Gasteiger partial charge >= 0.3 is 0 Å². The molecule has 0 fully saturated rings. The van der Waals surface area contributed by atoms with Crippen molar-refractivity contribution in [1.82, 2.24) is 14.8 Å². The van der Waals surface area contributed by atoms with Crippen LogP contribution in [0.5, 0.6) is 0 Å². The molecule has 3 N–H and O–H groups in total. The van der Waals surface area contributed by atoms with Gasteiger partial charge in [0.05, 0.1) is 11.9 Å². The summed E-state index contributed by atoms with van der Waals surface area (Å²) in [4.78, 5) is 3.76. The summed E-state index contributed by atoms with van der Waals surface area (Å²) in [5.41, 5.74) is 5.67. The summed E-state index contributed by atoms with van der Waals surface area (Å²) in [6, 6.07) is 4.58. The number of aryl methyl sites for hydroxylation is 1. The Morgan fingerprint density at radius 2 is 2.12 bits per heavy atom. The smallest absolute Gasteiger partial charge is 0.282 e. The first-order chi connectivity index (χ1) is 8.00. The van der Waals surface area contributed by atoms with Crippen molar-refractivity contribution >= 4 is 21.5 Å². The number of nitrogens with two attached hydrogens (primary N) is 1. The first kappa shape index (κ1) is 11.4. The topological polar surface area (TPSA) is 103 Å². The standard InChI is InChI=1S/C9H11N5O2S/c1-14-8(4-6-12-14)13-17(15,16)9-7(10)3-2-5-11-9/h2-6,13H,10H2,1H3. The van der Waals surface area contributed by atoms with Gasteiger partial charge in [-0.25, -0.2) is 4.98 Å². The van der Waals surface area contributed by atoms with Crippen LogP contribution in [0.4, 0.5) is 11.5 Å². The fraction of sp³-hybridized carbons (Fsp3) is 0.111. The summed E-state index contributed by atoms with van der Waals surface area (Å²) in [6.07, 6.45) is 2.85. The normalized spacial score (nSPS) is 11.4. The Morgan fingerprint density at radius 1 is 1.35 bits per heavy atom. The summed E-state index contributed by atoms with van der Waals surface area (Å²) < 4.78 is 27.7. The molecule has 0 aliphatic heterocycles. The average molecular weight is 253 g/mol. The zero-order chi connectivity index (χ0) is 12.5. The third kappa shape index (κ3) is 2.21. The molecule has 0 saturated heterocycles. The molecule has 90 valence electrons. The Bertz CT molecular complexity index is 634. The molecule has 0 radical (unpaired) electrons. The Kier molecular flexibility index (Phi) is 2.72. The maximum atomic E-state index is 12.0. The Labute approximate surface area is 98.3 Å². The molecule has 0 unspecified atom stereocenters. The van der Waals surface area contributed by atoms with E-state index in [2.05, 4.69) is 14.8 Å². The van der Waals surface area contributed by atoms with E-state index in [9.17, 15) is 8.42 Å². The van der Waals surface area contributed by atoms with Crippen LogP contribution >= 0.6 is 0 Å². The fourth-order valence-electron chi connectivity index (χ4n) is 1.29. The molecular formula is C9H11N5O2S. The number of aromatic nitrogens is 3. The number of hydrogen-bond acceptors (Lipinski definition) is 5. The van der Waals surface area contributed by atoms with E-state index >= 15 is 0 Å². The lowest BCUT2D eigenvalue weighted by molar-refractivity contribution is 0.597. The highest BCUT2D eigenvalue weighted by Crippen LogP contribution is 2.17. The van der Waals surface area contributed by atoms with Crippen molar-refractivity contribution in [3.63, 3.8) is 0 Å².